The van der Waals surface area contributed by atoms with Crippen molar-refractivity contribution in [2.45, 2.75) is 39.8 Å². The standard InChI is InChI=1S/C21H23F3/c1-4-6-7-9-15(5-2)16-12-13-18(20(23)14(16)3)17-10-8-11-19(22)21(17)24/h6-14,20H,4-5H2,1-3H3/b7-6-,15-9+. The molecule has 0 bridgehead atoms. The Bertz CT molecular complexity index is 708. The van der Waals surface area contributed by atoms with Crippen LogP contribution >= 0.6 is 0 Å². The van der Waals surface area contributed by atoms with Gasteiger partial charge in [-0.3, -0.25) is 0 Å². The first-order valence-electron chi connectivity index (χ1n) is 8.37. The molecule has 0 aliphatic heterocycles. The van der Waals surface area contributed by atoms with Crippen molar-refractivity contribution in [3.05, 3.63) is 76.9 Å². The van der Waals surface area contributed by atoms with E-state index in [4.69, 9.17) is 0 Å². The van der Waals surface area contributed by atoms with Crippen LogP contribution in [0.5, 0.6) is 0 Å². The fourth-order valence-corrected chi connectivity index (χ4v) is 2.95. The molecule has 0 saturated carbocycles. The Balaban J connectivity index is 2.43. The fourth-order valence-electron chi connectivity index (χ4n) is 2.95. The molecule has 0 aromatic heterocycles. The number of hydrogen-bond acceptors (Lipinski definition) is 0. The Kier molecular flexibility index (Phi) is 6.24. The van der Waals surface area contributed by atoms with E-state index in [-0.39, 0.29) is 11.1 Å². The van der Waals surface area contributed by atoms with Gasteiger partial charge in [-0.2, -0.15) is 0 Å². The monoisotopic (exact) mass is 332 g/mol. The van der Waals surface area contributed by atoms with Crippen molar-refractivity contribution in [2.75, 3.05) is 0 Å². The van der Waals surface area contributed by atoms with Crippen LogP contribution in [0.25, 0.3) is 5.57 Å². The van der Waals surface area contributed by atoms with Crippen molar-refractivity contribution in [2.24, 2.45) is 5.92 Å². The van der Waals surface area contributed by atoms with E-state index in [0.29, 0.717) is 0 Å². The highest BCUT2D eigenvalue weighted by molar-refractivity contribution is 5.74. The Morgan fingerprint density at radius 3 is 2.58 bits per heavy atom. The molecule has 2 unspecified atom stereocenters. The van der Waals surface area contributed by atoms with Gasteiger partial charge in [-0.1, -0.05) is 63.3 Å². The van der Waals surface area contributed by atoms with Gasteiger partial charge >= 0.3 is 0 Å². The number of benzene rings is 1. The highest BCUT2D eigenvalue weighted by Crippen LogP contribution is 2.38. The van der Waals surface area contributed by atoms with Crippen LogP contribution in [0.4, 0.5) is 13.2 Å². The van der Waals surface area contributed by atoms with E-state index in [1.807, 2.05) is 31.2 Å². The molecule has 0 N–H and O–H groups in total. The molecule has 0 radical (unpaired) electrons. The van der Waals surface area contributed by atoms with Gasteiger partial charge < -0.3 is 0 Å². The third-order valence-electron chi connectivity index (χ3n) is 4.35. The van der Waals surface area contributed by atoms with E-state index in [1.54, 1.807) is 13.0 Å². The molecule has 1 aliphatic rings. The first kappa shape index (κ1) is 18.3. The maximum atomic E-state index is 14.9. The second kappa shape index (κ2) is 8.18. The number of alkyl halides is 1. The third-order valence-corrected chi connectivity index (χ3v) is 4.35. The number of halogens is 3. The lowest BCUT2D eigenvalue weighted by atomic mass is 9.80. The first-order chi connectivity index (χ1) is 11.5. The number of rotatable bonds is 5. The molecule has 2 atom stereocenters. The summed E-state index contributed by atoms with van der Waals surface area (Å²) in [5.41, 5.74) is 2.16. The maximum absolute atomic E-state index is 14.9. The van der Waals surface area contributed by atoms with E-state index in [1.165, 1.54) is 12.1 Å². The van der Waals surface area contributed by atoms with Crippen molar-refractivity contribution < 1.29 is 13.2 Å². The molecule has 1 aliphatic carbocycles. The summed E-state index contributed by atoms with van der Waals surface area (Å²) in [5, 5.41) is 0. The molecule has 3 heteroatoms. The number of hydrogen-bond donors (Lipinski definition) is 0. The average molecular weight is 332 g/mol. The minimum atomic E-state index is -1.37. The van der Waals surface area contributed by atoms with E-state index in [9.17, 15) is 13.2 Å². The molecule has 0 fully saturated rings. The van der Waals surface area contributed by atoms with Crippen molar-refractivity contribution in [1.82, 2.24) is 0 Å². The molecule has 2 rings (SSSR count). The summed E-state index contributed by atoms with van der Waals surface area (Å²) < 4.78 is 42.4. The smallest absolute Gasteiger partial charge is 0.166 e. The predicted molar refractivity (Wildman–Crippen MR) is 94.3 cm³/mol. The summed E-state index contributed by atoms with van der Waals surface area (Å²) in [6.45, 7) is 5.87. The molecule has 1 aromatic rings. The lowest BCUT2D eigenvalue weighted by Crippen LogP contribution is -2.21. The molecule has 0 heterocycles. The average Bonchev–Trinajstić information content (AvgIpc) is 2.58. The van der Waals surface area contributed by atoms with Crippen LogP contribution in [0.15, 0.2) is 59.7 Å². The van der Waals surface area contributed by atoms with Crippen LogP contribution in [0.3, 0.4) is 0 Å². The van der Waals surface area contributed by atoms with Crippen LogP contribution in [0.2, 0.25) is 0 Å². The normalized spacial score (nSPS) is 21.8. The van der Waals surface area contributed by atoms with Crippen molar-refractivity contribution in [3.8, 4) is 0 Å². The Hall–Kier alpha value is -2.03. The highest BCUT2D eigenvalue weighted by Gasteiger charge is 2.30. The van der Waals surface area contributed by atoms with Gasteiger partial charge in [0.1, 0.15) is 6.17 Å². The summed E-state index contributed by atoms with van der Waals surface area (Å²) >= 11 is 0. The van der Waals surface area contributed by atoms with Gasteiger partial charge in [-0.15, -0.1) is 0 Å². The van der Waals surface area contributed by atoms with Gasteiger partial charge in [-0.05, 0) is 35.6 Å². The lowest BCUT2D eigenvalue weighted by Gasteiger charge is -2.27. The highest BCUT2D eigenvalue weighted by atomic mass is 19.2. The largest absolute Gasteiger partial charge is 0.242 e. The van der Waals surface area contributed by atoms with Crippen LogP contribution in [-0.4, -0.2) is 6.17 Å². The van der Waals surface area contributed by atoms with E-state index < -0.39 is 23.7 Å². The van der Waals surface area contributed by atoms with E-state index in [2.05, 4.69) is 6.92 Å². The van der Waals surface area contributed by atoms with Gasteiger partial charge in [0.25, 0.3) is 0 Å². The lowest BCUT2D eigenvalue weighted by molar-refractivity contribution is 0.335. The SMILES string of the molecule is CC/C=C\C=C(/CC)C1=CC=C(c2cccc(F)c2F)C(F)C1C. The van der Waals surface area contributed by atoms with Crippen LogP contribution < -0.4 is 0 Å². The molecule has 0 spiro atoms. The topological polar surface area (TPSA) is 0 Å². The zero-order chi connectivity index (χ0) is 17.7. The molecular formula is C21H23F3. The second-order valence-corrected chi connectivity index (χ2v) is 5.92. The Morgan fingerprint density at radius 2 is 1.92 bits per heavy atom. The van der Waals surface area contributed by atoms with Crippen LogP contribution in [-0.2, 0) is 0 Å². The minimum absolute atomic E-state index is 0.00226. The van der Waals surface area contributed by atoms with Gasteiger partial charge in [0.05, 0.1) is 0 Å². The van der Waals surface area contributed by atoms with Gasteiger partial charge in [-0.25, -0.2) is 13.2 Å². The van der Waals surface area contributed by atoms with E-state index in [0.717, 1.165) is 30.1 Å². The van der Waals surface area contributed by atoms with Crippen molar-refractivity contribution in [3.63, 3.8) is 0 Å². The molecule has 1 aromatic carbocycles. The minimum Gasteiger partial charge on any atom is -0.242 e. The predicted octanol–water partition coefficient (Wildman–Crippen LogP) is 6.57. The van der Waals surface area contributed by atoms with Crippen molar-refractivity contribution in [1.29, 1.82) is 0 Å². The maximum Gasteiger partial charge on any atom is 0.166 e. The number of allylic oxidation sites excluding steroid dienone is 8. The van der Waals surface area contributed by atoms with Crippen LogP contribution in [0.1, 0.15) is 39.2 Å². The first-order valence-corrected chi connectivity index (χ1v) is 8.37. The van der Waals surface area contributed by atoms with E-state index >= 15 is 0 Å². The molecular weight excluding hydrogens is 309 g/mol. The summed E-state index contributed by atoms with van der Waals surface area (Å²) in [7, 11) is 0. The van der Waals surface area contributed by atoms with Crippen LogP contribution in [0, 0.1) is 17.6 Å². The molecule has 0 saturated heterocycles. The van der Waals surface area contributed by atoms with Gasteiger partial charge in [0.15, 0.2) is 11.6 Å². The molecule has 128 valence electrons. The molecule has 0 amide bonds. The summed E-state index contributed by atoms with van der Waals surface area (Å²) in [5.74, 6) is -2.36. The summed E-state index contributed by atoms with van der Waals surface area (Å²) in [6, 6.07) is 3.86. The van der Waals surface area contributed by atoms with Crippen molar-refractivity contribution >= 4 is 5.57 Å². The zero-order valence-electron chi connectivity index (χ0n) is 14.3. The van der Waals surface area contributed by atoms with Gasteiger partial charge in [0.2, 0.25) is 0 Å². The Morgan fingerprint density at radius 1 is 1.17 bits per heavy atom. The fraction of sp³-hybridized carbons (Fsp3) is 0.333. The molecule has 0 nitrogen and oxygen atoms in total. The quantitative estimate of drug-likeness (QED) is 0.535. The molecule has 24 heavy (non-hydrogen) atoms. The second-order valence-electron chi connectivity index (χ2n) is 5.92. The third kappa shape index (κ3) is 3.72. The Labute approximate surface area is 142 Å². The summed E-state index contributed by atoms with van der Waals surface area (Å²) in [4.78, 5) is 0. The van der Waals surface area contributed by atoms with Gasteiger partial charge in [0, 0.05) is 11.5 Å². The summed E-state index contributed by atoms with van der Waals surface area (Å²) in [6.07, 6.45) is 9.78. The zero-order valence-corrected chi connectivity index (χ0v) is 14.3.